The van der Waals surface area contributed by atoms with E-state index in [4.69, 9.17) is 4.65 Å². The summed E-state index contributed by atoms with van der Waals surface area (Å²) in [6, 6.07) is 0. The molecule has 0 atom stereocenters. The van der Waals surface area contributed by atoms with Gasteiger partial charge in [-0.15, -0.1) is 13.2 Å². The molecule has 0 bridgehead atoms. The van der Waals surface area contributed by atoms with E-state index in [0.29, 0.717) is 0 Å². The average molecular weight is 138 g/mol. The van der Waals surface area contributed by atoms with Crippen molar-refractivity contribution in [1.82, 2.24) is 0 Å². The van der Waals surface area contributed by atoms with Gasteiger partial charge >= 0.3 is 6.92 Å². The Morgan fingerprint density at radius 1 is 1.40 bits per heavy atom. The standard InChI is InChI=1S/C8H15BO/c1-4-7-8-10-9(5-2)6-3/h5-6H,2-4,7-8H2,1H3. The Morgan fingerprint density at radius 2 is 2.00 bits per heavy atom. The van der Waals surface area contributed by atoms with E-state index in [9.17, 15) is 0 Å². The highest BCUT2D eigenvalue weighted by Gasteiger charge is 2.02. The lowest BCUT2D eigenvalue weighted by atomic mass is 9.69. The molecule has 0 aliphatic heterocycles. The van der Waals surface area contributed by atoms with Crippen molar-refractivity contribution in [3.8, 4) is 0 Å². The molecule has 0 saturated carbocycles. The maximum absolute atomic E-state index is 5.34. The molecule has 0 aromatic rings. The maximum Gasteiger partial charge on any atom is 0.345 e. The summed E-state index contributed by atoms with van der Waals surface area (Å²) in [7, 11) is 0. The van der Waals surface area contributed by atoms with E-state index in [1.54, 1.807) is 12.0 Å². The molecule has 56 valence electrons. The molecule has 0 spiro atoms. The van der Waals surface area contributed by atoms with Crippen LogP contribution < -0.4 is 0 Å². The van der Waals surface area contributed by atoms with Gasteiger partial charge in [-0.1, -0.05) is 25.3 Å². The van der Waals surface area contributed by atoms with Gasteiger partial charge < -0.3 is 4.65 Å². The van der Waals surface area contributed by atoms with Crippen LogP contribution in [0.4, 0.5) is 0 Å². The van der Waals surface area contributed by atoms with Crippen LogP contribution in [0.2, 0.25) is 0 Å². The van der Waals surface area contributed by atoms with Crippen LogP contribution in [-0.4, -0.2) is 13.5 Å². The molecular formula is C8H15BO. The number of rotatable bonds is 6. The van der Waals surface area contributed by atoms with Crippen LogP contribution in [0.5, 0.6) is 0 Å². The molecule has 0 saturated heterocycles. The van der Waals surface area contributed by atoms with Crippen LogP contribution in [-0.2, 0) is 4.65 Å². The van der Waals surface area contributed by atoms with Crippen LogP contribution in [0.1, 0.15) is 19.8 Å². The predicted octanol–water partition coefficient (Wildman–Crippen LogP) is 2.25. The van der Waals surface area contributed by atoms with E-state index in [-0.39, 0.29) is 6.92 Å². The minimum atomic E-state index is 0.0338. The second kappa shape index (κ2) is 6.62. The summed E-state index contributed by atoms with van der Waals surface area (Å²) in [5.74, 6) is 3.51. The highest BCUT2D eigenvalue weighted by Crippen LogP contribution is 1.93. The fourth-order valence-electron chi connectivity index (χ4n) is 0.596. The van der Waals surface area contributed by atoms with Crippen molar-refractivity contribution in [2.75, 3.05) is 6.61 Å². The summed E-state index contributed by atoms with van der Waals surface area (Å²) in [6.07, 6.45) is 2.28. The van der Waals surface area contributed by atoms with E-state index in [1.165, 1.54) is 6.42 Å². The molecule has 10 heavy (non-hydrogen) atoms. The third-order valence-electron chi connectivity index (χ3n) is 1.27. The summed E-state index contributed by atoms with van der Waals surface area (Å²) in [5, 5.41) is 0. The fourth-order valence-corrected chi connectivity index (χ4v) is 0.596. The van der Waals surface area contributed by atoms with Crippen molar-refractivity contribution >= 4 is 6.92 Å². The SMILES string of the molecule is C=CB(C=C)OCCCC. The Labute approximate surface area is 63.9 Å². The number of hydrogen-bond acceptors (Lipinski definition) is 1. The van der Waals surface area contributed by atoms with E-state index < -0.39 is 0 Å². The number of hydrogen-bond donors (Lipinski definition) is 0. The second-order valence-corrected chi connectivity index (χ2v) is 2.16. The largest absolute Gasteiger partial charge is 0.428 e. The Kier molecular flexibility index (Phi) is 6.29. The second-order valence-electron chi connectivity index (χ2n) is 2.16. The Bertz CT molecular complexity index is 93.4. The van der Waals surface area contributed by atoms with Gasteiger partial charge in [-0.2, -0.15) is 0 Å². The lowest BCUT2D eigenvalue weighted by Crippen LogP contribution is -2.12. The minimum Gasteiger partial charge on any atom is -0.428 e. The van der Waals surface area contributed by atoms with Gasteiger partial charge in [-0.3, -0.25) is 0 Å². The van der Waals surface area contributed by atoms with Crippen LogP contribution in [0.15, 0.2) is 25.1 Å². The Balaban J connectivity index is 3.25. The topological polar surface area (TPSA) is 9.23 Å². The van der Waals surface area contributed by atoms with Crippen LogP contribution in [0.25, 0.3) is 0 Å². The van der Waals surface area contributed by atoms with Gasteiger partial charge in [0.05, 0.1) is 0 Å². The molecule has 0 heterocycles. The van der Waals surface area contributed by atoms with Gasteiger partial charge in [0.15, 0.2) is 0 Å². The Hall–Kier alpha value is -0.495. The number of unbranched alkanes of at least 4 members (excludes halogenated alkanes) is 1. The van der Waals surface area contributed by atoms with Gasteiger partial charge in [-0.05, 0) is 6.42 Å². The smallest absolute Gasteiger partial charge is 0.345 e. The molecule has 0 amide bonds. The zero-order valence-electron chi connectivity index (χ0n) is 6.68. The quantitative estimate of drug-likeness (QED) is 0.404. The van der Waals surface area contributed by atoms with Gasteiger partial charge in [0, 0.05) is 6.61 Å². The first-order valence-electron chi connectivity index (χ1n) is 3.71. The normalized spacial score (nSPS) is 8.90. The molecule has 0 rings (SSSR count). The first-order valence-corrected chi connectivity index (χ1v) is 3.71. The third-order valence-corrected chi connectivity index (χ3v) is 1.27. The van der Waals surface area contributed by atoms with Gasteiger partial charge in [-0.25, -0.2) is 0 Å². The van der Waals surface area contributed by atoms with E-state index in [1.807, 2.05) is 0 Å². The van der Waals surface area contributed by atoms with Crippen molar-refractivity contribution in [3.05, 3.63) is 25.1 Å². The van der Waals surface area contributed by atoms with Gasteiger partial charge in [0.25, 0.3) is 0 Å². The van der Waals surface area contributed by atoms with Crippen molar-refractivity contribution in [2.45, 2.75) is 19.8 Å². The summed E-state index contributed by atoms with van der Waals surface area (Å²) in [5.41, 5.74) is 0. The first kappa shape index (κ1) is 9.50. The van der Waals surface area contributed by atoms with Crippen LogP contribution in [0.3, 0.4) is 0 Å². The molecule has 0 aliphatic carbocycles. The Morgan fingerprint density at radius 3 is 2.40 bits per heavy atom. The lowest BCUT2D eigenvalue weighted by Gasteiger charge is -2.03. The van der Waals surface area contributed by atoms with Gasteiger partial charge in [0.1, 0.15) is 0 Å². The zero-order chi connectivity index (χ0) is 7.82. The minimum absolute atomic E-state index is 0.0338. The molecule has 0 aliphatic rings. The van der Waals surface area contributed by atoms with Crippen molar-refractivity contribution in [2.24, 2.45) is 0 Å². The summed E-state index contributed by atoms with van der Waals surface area (Å²) < 4.78 is 5.34. The van der Waals surface area contributed by atoms with Crippen LogP contribution in [0, 0.1) is 0 Å². The fraction of sp³-hybridized carbons (Fsp3) is 0.500. The molecule has 1 nitrogen and oxygen atoms in total. The molecule has 0 aromatic carbocycles. The maximum atomic E-state index is 5.34. The zero-order valence-corrected chi connectivity index (χ0v) is 6.68. The third kappa shape index (κ3) is 4.39. The average Bonchev–Trinajstić information content (AvgIpc) is 1.99. The monoisotopic (exact) mass is 138 g/mol. The van der Waals surface area contributed by atoms with Crippen LogP contribution >= 0.6 is 0 Å². The molecule has 0 fully saturated rings. The van der Waals surface area contributed by atoms with E-state index in [2.05, 4.69) is 20.1 Å². The highest BCUT2D eigenvalue weighted by atomic mass is 16.4. The summed E-state index contributed by atoms with van der Waals surface area (Å²) >= 11 is 0. The molecule has 0 aromatic heterocycles. The van der Waals surface area contributed by atoms with Crippen molar-refractivity contribution in [1.29, 1.82) is 0 Å². The van der Waals surface area contributed by atoms with E-state index >= 15 is 0 Å². The highest BCUT2D eigenvalue weighted by molar-refractivity contribution is 6.62. The molecule has 0 unspecified atom stereocenters. The van der Waals surface area contributed by atoms with Crippen molar-refractivity contribution < 1.29 is 4.65 Å². The molecule has 2 heteroatoms. The predicted molar refractivity (Wildman–Crippen MR) is 47.0 cm³/mol. The lowest BCUT2D eigenvalue weighted by molar-refractivity contribution is 0.323. The molecule has 0 radical (unpaired) electrons. The van der Waals surface area contributed by atoms with Gasteiger partial charge in [0.2, 0.25) is 0 Å². The van der Waals surface area contributed by atoms with E-state index in [0.717, 1.165) is 13.0 Å². The molecule has 0 N–H and O–H groups in total. The summed E-state index contributed by atoms with van der Waals surface area (Å²) in [4.78, 5) is 0. The first-order chi connectivity index (χ1) is 4.85. The van der Waals surface area contributed by atoms with Crippen molar-refractivity contribution in [3.63, 3.8) is 0 Å². The summed E-state index contributed by atoms with van der Waals surface area (Å²) in [6.45, 7) is 10.2. The molecular weight excluding hydrogens is 123 g/mol.